The SMILES string of the molecule is Clc1ccc(-c2nn(-c3ccc4c(c3)OCCO4)c3c2CCN3)c(Cl)c1. The van der Waals surface area contributed by atoms with Crippen LogP contribution in [-0.2, 0) is 6.42 Å². The fraction of sp³-hybridized carbons (Fsp3) is 0.211. The maximum atomic E-state index is 6.43. The van der Waals surface area contributed by atoms with Crippen molar-refractivity contribution >= 4 is 29.0 Å². The quantitative estimate of drug-likeness (QED) is 0.698. The second-order valence-electron chi connectivity index (χ2n) is 6.22. The molecule has 0 radical (unpaired) electrons. The lowest BCUT2D eigenvalue weighted by Gasteiger charge is -2.19. The zero-order chi connectivity index (χ0) is 17.7. The number of anilines is 1. The number of hydrogen-bond acceptors (Lipinski definition) is 4. The van der Waals surface area contributed by atoms with E-state index < -0.39 is 0 Å². The van der Waals surface area contributed by atoms with Crippen molar-refractivity contribution < 1.29 is 9.47 Å². The van der Waals surface area contributed by atoms with E-state index >= 15 is 0 Å². The topological polar surface area (TPSA) is 48.3 Å². The molecule has 0 amide bonds. The highest BCUT2D eigenvalue weighted by molar-refractivity contribution is 6.36. The van der Waals surface area contributed by atoms with Crippen molar-refractivity contribution in [3.05, 3.63) is 52.0 Å². The zero-order valence-corrected chi connectivity index (χ0v) is 15.3. The smallest absolute Gasteiger partial charge is 0.163 e. The summed E-state index contributed by atoms with van der Waals surface area (Å²) < 4.78 is 13.2. The minimum Gasteiger partial charge on any atom is -0.486 e. The van der Waals surface area contributed by atoms with Crippen molar-refractivity contribution in [1.82, 2.24) is 9.78 Å². The molecule has 132 valence electrons. The largest absolute Gasteiger partial charge is 0.486 e. The number of rotatable bonds is 2. The monoisotopic (exact) mass is 387 g/mol. The molecular weight excluding hydrogens is 373 g/mol. The van der Waals surface area contributed by atoms with E-state index in [1.807, 2.05) is 35.0 Å². The van der Waals surface area contributed by atoms with Gasteiger partial charge in [0.25, 0.3) is 0 Å². The number of ether oxygens (including phenoxy) is 2. The van der Waals surface area contributed by atoms with Gasteiger partial charge in [-0.3, -0.25) is 0 Å². The summed E-state index contributed by atoms with van der Waals surface area (Å²) in [5.74, 6) is 2.49. The fourth-order valence-corrected chi connectivity index (χ4v) is 3.92. The highest BCUT2D eigenvalue weighted by Gasteiger charge is 2.25. The van der Waals surface area contributed by atoms with Crippen molar-refractivity contribution in [1.29, 1.82) is 0 Å². The Morgan fingerprint density at radius 1 is 1.00 bits per heavy atom. The Hall–Kier alpha value is -2.37. The molecular formula is C19H15Cl2N3O2. The second-order valence-corrected chi connectivity index (χ2v) is 7.06. The van der Waals surface area contributed by atoms with Crippen LogP contribution in [0.15, 0.2) is 36.4 Å². The maximum Gasteiger partial charge on any atom is 0.163 e. The van der Waals surface area contributed by atoms with Gasteiger partial charge in [-0.25, -0.2) is 4.68 Å². The Morgan fingerprint density at radius 3 is 2.69 bits per heavy atom. The van der Waals surface area contributed by atoms with E-state index in [1.165, 1.54) is 0 Å². The van der Waals surface area contributed by atoms with E-state index in [-0.39, 0.29) is 0 Å². The molecule has 3 heterocycles. The average molecular weight is 388 g/mol. The fourth-order valence-electron chi connectivity index (χ4n) is 3.42. The summed E-state index contributed by atoms with van der Waals surface area (Å²) in [5.41, 5.74) is 3.83. The lowest BCUT2D eigenvalue weighted by Crippen LogP contribution is -2.15. The highest BCUT2D eigenvalue weighted by Crippen LogP contribution is 2.39. The van der Waals surface area contributed by atoms with Gasteiger partial charge in [-0.15, -0.1) is 0 Å². The average Bonchev–Trinajstić information content (AvgIpc) is 3.24. The summed E-state index contributed by atoms with van der Waals surface area (Å²) >= 11 is 12.5. The second kappa shape index (κ2) is 6.11. The van der Waals surface area contributed by atoms with E-state index in [0.717, 1.165) is 52.8 Å². The van der Waals surface area contributed by atoms with E-state index in [2.05, 4.69) is 5.32 Å². The number of aromatic nitrogens is 2. The van der Waals surface area contributed by atoms with Gasteiger partial charge in [0.05, 0.1) is 16.4 Å². The van der Waals surface area contributed by atoms with Crippen LogP contribution in [0.4, 0.5) is 5.82 Å². The van der Waals surface area contributed by atoms with Crippen LogP contribution in [0.3, 0.4) is 0 Å². The molecule has 5 nitrogen and oxygen atoms in total. The van der Waals surface area contributed by atoms with Gasteiger partial charge >= 0.3 is 0 Å². The first-order valence-electron chi connectivity index (χ1n) is 8.42. The van der Waals surface area contributed by atoms with E-state index in [4.69, 9.17) is 37.8 Å². The Balaban J connectivity index is 1.65. The summed E-state index contributed by atoms with van der Waals surface area (Å²) in [6.07, 6.45) is 0.897. The van der Waals surface area contributed by atoms with Crippen LogP contribution in [0.25, 0.3) is 16.9 Å². The summed E-state index contributed by atoms with van der Waals surface area (Å²) in [5, 5.41) is 9.48. The van der Waals surface area contributed by atoms with Gasteiger partial charge in [-0.2, -0.15) is 5.10 Å². The van der Waals surface area contributed by atoms with Gasteiger partial charge in [0, 0.05) is 28.8 Å². The van der Waals surface area contributed by atoms with Gasteiger partial charge < -0.3 is 14.8 Å². The Labute approximate surface area is 160 Å². The minimum atomic E-state index is 0.553. The first-order chi connectivity index (χ1) is 12.7. The van der Waals surface area contributed by atoms with E-state index in [9.17, 15) is 0 Å². The van der Waals surface area contributed by atoms with Gasteiger partial charge in [0.15, 0.2) is 11.5 Å². The van der Waals surface area contributed by atoms with Gasteiger partial charge in [-0.1, -0.05) is 23.2 Å². The van der Waals surface area contributed by atoms with Gasteiger partial charge in [0.1, 0.15) is 19.0 Å². The third-order valence-corrected chi connectivity index (χ3v) is 5.16. The van der Waals surface area contributed by atoms with E-state index in [1.54, 1.807) is 6.07 Å². The first kappa shape index (κ1) is 15.9. The van der Waals surface area contributed by atoms with Crippen molar-refractivity contribution in [3.63, 3.8) is 0 Å². The van der Waals surface area contributed by atoms with Crippen molar-refractivity contribution in [2.75, 3.05) is 25.1 Å². The predicted octanol–water partition coefficient (Wildman–Crippen LogP) is 4.59. The molecule has 26 heavy (non-hydrogen) atoms. The molecule has 2 aliphatic rings. The Kier molecular flexibility index (Phi) is 3.72. The maximum absolute atomic E-state index is 6.43. The highest BCUT2D eigenvalue weighted by atomic mass is 35.5. The number of benzene rings is 2. The predicted molar refractivity (Wildman–Crippen MR) is 102 cm³/mol. The third kappa shape index (κ3) is 2.50. The third-order valence-electron chi connectivity index (χ3n) is 4.61. The molecule has 0 saturated heterocycles. The standard InChI is InChI=1S/C19H15Cl2N3O2/c20-11-1-3-13(15(21)9-11)18-14-5-6-22-19(14)24(23-18)12-2-4-16-17(10-12)26-8-7-25-16/h1-4,9-10,22H,5-8H2. The molecule has 7 heteroatoms. The minimum absolute atomic E-state index is 0.553. The van der Waals surface area contributed by atoms with Crippen LogP contribution in [0.1, 0.15) is 5.56 Å². The van der Waals surface area contributed by atoms with Gasteiger partial charge in [-0.05, 0) is 36.8 Å². The van der Waals surface area contributed by atoms with E-state index in [0.29, 0.717) is 23.3 Å². The lowest BCUT2D eigenvalue weighted by molar-refractivity contribution is 0.171. The van der Waals surface area contributed by atoms with Crippen LogP contribution >= 0.6 is 23.2 Å². The van der Waals surface area contributed by atoms with Crippen LogP contribution in [0.5, 0.6) is 11.5 Å². The Morgan fingerprint density at radius 2 is 1.85 bits per heavy atom. The van der Waals surface area contributed by atoms with Crippen molar-refractivity contribution in [3.8, 4) is 28.4 Å². The summed E-state index contributed by atoms with van der Waals surface area (Å²) in [6.45, 7) is 2.00. The molecule has 0 atom stereocenters. The molecule has 0 unspecified atom stereocenters. The number of hydrogen-bond donors (Lipinski definition) is 1. The summed E-state index contributed by atoms with van der Waals surface area (Å²) in [6, 6.07) is 11.3. The molecule has 0 bridgehead atoms. The molecule has 2 aliphatic heterocycles. The summed E-state index contributed by atoms with van der Waals surface area (Å²) in [7, 11) is 0. The molecule has 0 spiro atoms. The number of fused-ring (bicyclic) bond motifs is 2. The molecule has 3 aromatic rings. The molecule has 0 saturated carbocycles. The number of nitrogens with zero attached hydrogens (tertiary/aromatic N) is 2. The zero-order valence-electron chi connectivity index (χ0n) is 13.8. The molecule has 1 aromatic heterocycles. The Bertz CT molecular complexity index is 1020. The van der Waals surface area contributed by atoms with Crippen molar-refractivity contribution in [2.45, 2.75) is 6.42 Å². The van der Waals surface area contributed by atoms with Crippen LogP contribution in [0.2, 0.25) is 10.0 Å². The first-order valence-corrected chi connectivity index (χ1v) is 9.17. The normalized spacial score (nSPS) is 14.8. The molecule has 0 fully saturated rings. The van der Waals surface area contributed by atoms with Crippen molar-refractivity contribution in [2.24, 2.45) is 0 Å². The summed E-state index contributed by atoms with van der Waals surface area (Å²) in [4.78, 5) is 0. The lowest BCUT2D eigenvalue weighted by atomic mass is 10.1. The molecule has 1 N–H and O–H groups in total. The van der Waals surface area contributed by atoms with Crippen LogP contribution in [0, 0.1) is 0 Å². The molecule has 0 aliphatic carbocycles. The van der Waals surface area contributed by atoms with Crippen LogP contribution in [-0.4, -0.2) is 29.5 Å². The van der Waals surface area contributed by atoms with Gasteiger partial charge in [0.2, 0.25) is 0 Å². The molecule has 2 aromatic carbocycles. The number of halogens is 2. The van der Waals surface area contributed by atoms with Crippen LogP contribution < -0.4 is 14.8 Å². The molecule has 5 rings (SSSR count). The number of nitrogens with one attached hydrogen (secondary N) is 1.